The van der Waals surface area contributed by atoms with Crippen molar-refractivity contribution < 1.29 is 4.79 Å². The van der Waals surface area contributed by atoms with Crippen molar-refractivity contribution in [1.29, 1.82) is 0 Å². The van der Waals surface area contributed by atoms with Gasteiger partial charge in [0.1, 0.15) is 0 Å². The Bertz CT molecular complexity index is 293. The number of carbonyl (C=O) groups is 1. The first-order valence-electron chi connectivity index (χ1n) is 6.77. The van der Waals surface area contributed by atoms with Crippen LogP contribution in [0.3, 0.4) is 0 Å². The molecule has 90 valence electrons. The van der Waals surface area contributed by atoms with Crippen LogP contribution < -0.4 is 0 Å². The summed E-state index contributed by atoms with van der Waals surface area (Å²) >= 11 is 0. The number of hydrogen-bond acceptors (Lipinski definition) is 1. The first kappa shape index (κ1) is 11.9. The summed E-state index contributed by atoms with van der Waals surface area (Å²) in [6, 6.07) is 0. The van der Waals surface area contributed by atoms with E-state index >= 15 is 0 Å². The van der Waals surface area contributed by atoms with Gasteiger partial charge in [0, 0.05) is 6.42 Å². The summed E-state index contributed by atoms with van der Waals surface area (Å²) in [6.45, 7) is 4.44. The summed E-state index contributed by atoms with van der Waals surface area (Å²) in [7, 11) is 0. The maximum absolute atomic E-state index is 11.7. The standard InChI is InChI=1S/C15H24O/c1-15(2)10-13(9-14(16)11-15)8-12-6-4-3-5-7-12/h9,12H,3-8,10-11H2,1-2H3. The minimum Gasteiger partial charge on any atom is -0.295 e. The predicted molar refractivity (Wildman–Crippen MR) is 67.3 cm³/mol. The highest BCUT2D eigenvalue weighted by Gasteiger charge is 2.28. The van der Waals surface area contributed by atoms with E-state index < -0.39 is 0 Å². The van der Waals surface area contributed by atoms with E-state index in [9.17, 15) is 4.79 Å². The van der Waals surface area contributed by atoms with E-state index in [1.807, 2.05) is 6.08 Å². The molecule has 0 amide bonds. The van der Waals surface area contributed by atoms with E-state index in [1.54, 1.807) is 0 Å². The van der Waals surface area contributed by atoms with E-state index in [0.717, 1.165) is 18.8 Å². The summed E-state index contributed by atoms with van der Waals surface area (Å²) in [6.07, 6.45) is 12.0. The van der Waals surface area contributed by atoms with Gasteiger partial charge in [-0.05, 0) is 30.3 Å². The number of carbonyl (C=O) groups excluding carboxylic acids is 1. The Morgan fingerprint density at radius 1 is 1.19 bits per heavy atom. The Balaban J connectivity index is 1.95. The Kier molecular flexibility index (Phi) is 3.51. The smallest absolute Gasteiger partial charge is 0.156 e. The lowest BCUT2D eigenvalue weighted by Gasteiger charge is -2.31. The molecule has 0 radical (unpaired) electrons. The van der Waals surface area contributed by atoms with Gasteiger partial charge in [-0.15, -0.1) is 0 Å². The molecule has 2 aliphatic rings. The van der Waals surface area contributed by atoms with Gasteiger partial charge in [0.25, 0.3) is 0 Å². The fourth-order valence-corrected chi connectivity index (χ4v) is 3.37. The molecule has 2 rings (SSSR count). The van der Waals surface area contributed by atoms with E-state index in [1.165, 1.54) is 44.1 Å². The zero-order valence-corrected chi connectivity index (χ0v) is 10.7. The SMILES string of the molecule is CC1(C)CC(=O)C=C(CC2CCCCC2)C1. The van der Waals surface area contributed by atoms with Crippen LogP contribution >= 0.6 is 0 Å². The summed E-state index contributed by atoms with van der Waals surface area (Å²) in [5, 5.41) is 0. The van der Waals surface area contributed by atoms with E-state index in [-0.39, 0.29) is 5.41 Å². The lowest BCUT2D eigenvalue weighted by Crippen LogP contribution is -2.23. The molecule has 16 heavy (non-hydrogen) atoms. The molecule has 0 aliphatic heterocycles. The van der Waals surface area contributed by atoms with Crippen LogP contribution in [0.15, 0.2) is 11.6 Å². The quantitative estimate of drug-likeness (QED) is 0.679. The Labute approximate surface area is 99.3 Å². The van der Waals surface area contributed by atoms with Crippen molar-refractivity contribution in [2.45, 2.75) is 65.2 Å². The monoisotopic (exact) mass is 220 g/mol. The predicted octanol–water partition coefficient (Wildman–Crippen LogP) is 4.27. The third-order valence-electron chi connectivity index (χ3n) is 4.00. The van der Waals surface area contributed by atoms with Crippen LogP contribution in [0.1, 0.15) is 65.2 Å². The molecule has 0 aromatic rings. The minimum atomic E-state index is 0.204. The van der Waals surface area contributed by atoms with Gasteiger partial charge in [-0.3, -0.25) is 4.79 Å². The molecule has 0 aromatic heterocycles. The second kappa shape index (κ2) is 4.73. The largest absolute Gasteiger partial charge is 0.295 e. The molecule has 0 spiro atoms. The fourth-order valence-electron chi connectivity index (χ4n) is 3.37. The topological polar surface area (TPSA) is 17.1 Å². The zero-order chi connectivity index (χ0) is 11.6. The molecule has 0 heterocycles. The van der Waals surface area contributed by atoms with Gasteiger partial charge < -0.3 is 0 Å². The molecule has 0 saturated heterocycles. The molecule has 1 fully saturated rings. The number of rotatable bonds is 2. The summed E-state index contributed by atoms with van der Waals surface area (Å²) in [5.41, 5.74) is 1.63. The van der Waals surface area contributed by atoms with Gasteiger partial charge in [-0.25, -0.2) is 0 Å². The van der Waals surface area contributed by atoms with Gasteiger partial charge in [-0.1, -0.05) is 51.5 Å². The first-order chi connectivity index (χ1) is 7.55. The average Bonchev–Trinajstić information content (AvgIpc) is 2.15. The van der Waals surface area contributed by atoms with Crippen molar-refractivity contribution >= 4 is 5.78 Å². The molecule has 0 atom stereocenters. The normalized spacial score (nSPS) is 26.6. The Morgan fingerprint density at radius 3 is 2.50 bits per heavy atom. The van der Waals surface area contributed by atoms with Gasteiger partial charge >= 0.3 is 0 Å². The van der Waals surface area contributed by atoms with Crippen LogP contribution in [0, 0.1) is 11.3 Å². The van der Waals surface area contributed by atoms with Crippen LogP contribution in [0.5, 0.6) is 0 Å². The molecule has 0 N–H and O–H groups in total. The van der Waals surface area contributed by atoms with Crippen LogP contribution in [0.2, 0.25) is 0 Å². The maximum Gasteiger partial charge on any atom is 0.156 e. The fraction of sp³-hybridized carbons (Fsp3) is 0.800. The molecular weight excluding hydrogens is 196 g/mol. The highest BCUT2D eigenvalue weighted by molar-refractivity contribution is 5.91. The second-order valence-electron chi connectivity index (χ2n) is 6.49. The second-order valence-corrected chi connectivity index (χ2v) is 6.49. The van der Waals surface area contributed by atoms with E-state index in [4.69, 9.17) is 0 Å². The van der Waals surface area contributed by atoms with Crippen LogP contribution in [0.25, 0.3) is 0 Å². The lowest BCUT2D eigenvalue weighted by atomic mass is 9.73. The molecule has 1 saturated carbocycles. The molecule has 1 heteroatoms. The molecule has 0 bridgehead atoms. The number of ketones is 1. The van der Waals surface area contributed by atoms with Crippen LogP contribution in [-0.2, 0) is 4.79 Å². The van der Waals surface area contributed by atoms with Crippen molar-refractivity contribution in [3.8, 4) is 0 Å². The minimum absolute atomic E-state index is 0.204. The van der Waals surface area contributed by atoms with Crippen LogP contribution in [0.4, 0.5) is 0 Å². The van der Waals surface area contributed by atoms with Crippen molar-refractivity contribution in [1.82, 2.24) is 0 Å². The van der Waals surface area contributed by atoms with E-state index in [0.29, 0.717) is 5.78 Å². The Hall–Kier alpha value is -0.590. The van der Waals surface area contributed by atoms with Gasteiger partial charge in [-0.2, -0.15) is 0 Å². The van der Waals surface area contributed by atoms with Crippen molar-refractivity contribution in [2.24, 2.45) is 11.3 Å². The third-order valence-corrected chi connectivity index (χ3v) is 4.00. The highest BCUT2D eigenvalue weighted by Crippen LogP contribution is 2.38. The van der Waals surface area contributed by atoms with Crippen molar-refractivity contribution in [2.75, 3.05) is 0 Å². The molecule has 1 nitrogen and oxygen atoms in total. The first-order valence-corrected chi connectivity index (χ1v) is 6.77. The average molecular weight is 220 g/mol. The highest BCUT2D eigenvalue weighted by atomic mass is 16.1. The number of hydrogen-bond donors (Lipinski definition) is 0. The van der Waals surface area contributed by atoms with Gasteiger partial charge in [0.2, 0.25) is 0 Å². The molecule has 0 aromatic carbocycles. The van der Waals surface area contributed by atoms with Gasteiger partial charge in [0.05, 0.1) is 0 Å². The summed E-state index contributed by atoms with van der Waals surface area (Å²) in [5.74, 6) is 1.21. The summed E-state index contributed by atoms with van der Waals surface area (Å²) in [4.78, 5) is 11.7. The van der Waals surface area contributed by atoms with Gasteiger partial charge in [0.15, 0.2) is 5.78 Å². The van der Waals surface area contributed by atoms with Crippen molar-refractivity contribution in [3.63, 3.8) is 0 Å². The molecular formula is C15H24O. The van der Waals surface area contributed by atoms with Crippen LogP contribution in [-0.4, -0.2) is 5.78 Å². The summed E-state index contributed by atoms with van der Waals surface area (Å²) < 4.78 is 0. The third kappa shape index (κ3) is 3.20. The van der Waals surface area contributed by atoms with Crippen molar-refractivity contribution in [3.05, 3.63) is 11.6 Å². The van der Waals surface area contributed by atoms with E-state index in [2.05, 4.69) is 13.8 Å². The zero-order valence-electron chi connectivity index (χ0n) is 10.7. The number of allylic oxidation sites excluding steroid dienone is 2. The molecule has 0 unspecified atom stereocenters. The maximum atomic E-state index is 11.7. The lowest BCUT2D eigenvalue weighted by molar-refractivity contribution is -0.117. The Morgan fingerprint density at radius 2 is 1.88 bits per heavy atom. The molecule has 2 aliphatic carbocycles.